The van der Waals surface area contributed by atoms with Gasteiger partial charge in [-0.25, -0.2) is 0 Å². The van der Waals surface area contributed by atoms with Crippen molar-refractivity contribution in [2.75, 3.05) is 5.75 Å². The topological polar surface area (TPSA) is 20.2 Å². The number of thioether (sulfide) groups is 1. The highest BCUT2D eigenvalue weighted by Crippen LogP contribution is 2.29. The Kier molecular flexibility index (Phi) is 5.87. The Hall–Kier alpha value is -0.180. The molecule has 1 N–H and O–H groups in total. The zero-order valence-corrected chi connectivity index (χ0v) is 12.2. The Balaban J connectivity index is 1.74. The molecule has 1 atom stereocenters. The number of hydrogen-bond acceptors (Lipinski definition) is 2. The molecular formula is C15H21ClOS. The Morgan fingerprint density at radius 1 is 1.22 bits per heavy atom. The van der Waals surface area contributed by atoms with Crippen molar-refractivity contribution in [1.82, 2.24) is 0 Å². The van der Waals surface area contributed by atoms with Gasteiger partial charge in [0.05, 0.1) is 6.10 Å². The van der Waals surface area contributed by atoms with Gasteiger partial charge < -0.3 is 5.11 Å². The van der Waals surface area contributed by atoms with Gasteiger partial charge in [-0.15, -0.1) is 0 Å². The van der Waals surface area contributed by atoms with Crippen molar-refractivity contribution in [3.8, 4) is 0 Å². The Morgan fingerprint density at radius 2 is 1.94 bits per heavy atom. The van der Waals surface area contributed by atoms with Crippen LogP contribution in [0, 0.1) is 0 Å². The molecule has 1 saturated carbocycles. The standard InChI is InChI=1S/C15H21ClOS/c16-15-9-5-4-6-12(15)10-13(17)11-18-14-7-2-1-3-8-14/h4-6,9,13-14,17H,1-3,7-8,10-11H2. The zero-order valence-electron chi connectivity index (χ0n) is 10.6. The number of aliphatic hydroxyl groups excluding tert-OH is 1. The van der Waals surface area contributed by atoms with Gasteiger partial charge in [0.15, 0.2) is 0 Å². The van der Waals surface area contributed by atoms with Gasteiger partial charge in [0.25, 0.3) is 0 Å². The van der Waals surface area contributed by atoms with Crippen LogP contribution in [0.2, 0.25) is 5.02 Å². The molecule has 1 aliphatic carbocycles. The van der Waals surface area contributed by atoms with Crippen LogP contribution in [0.1, 0.15) is 37.7 Å². The van der Waals surface area contributed by atoms with Crippen LogP contribution in [0.25, 0.3) is 0 Å². The van der Waals surface area contributed by atoms with Crippen LogP contribution < -0.4 is 0 Å². The lowest BCUT2D eigenvalue weighted by atomic mass is 10.0. The van der Waals surface area contributed by atoms with Crippen LogP contribution in [-0.4, -0.2) is 22.2 Å². The van der Waals surface area contributed by atoms with Gasteiger partial charge in [0.1, 0.15) is 0 Å². The van der Waals surface area contributed by atoms with E-state index in [1.54, 1.807) is 0 Å². The molecule has 1 unspecified atom stereocenters. The molecule has 2 rings (SSSR count). The molecule has 3 heteroatoms. The quantitative estimate of drug-likeness (QED) is 0.869. The van der Waals surface area contributed by atoms with E-state index in [2.05, 4.69) is 0 Å². The smallest absolute Gasteiger partial charge is 0.0671 e. The van der Waals surface area contributed by atoms with E-state index in [0.717, 1.165) is 21.6 Å². The first-order chi connectivity index (χ1) is 8.75. The summed E-state index contributed by atoms with van der Waals surface area (Å²) in [6.45, 7) is 0. The third kappa shape index (κ3) is 4.49. The maximum atomic E-state index is 10.1. The van der Waals surface area contributed by atoms with Crippen molar-refractivity contribution in [3.63, 3.8) is 0 Å². The highest BCUT2D eigenvalue weighted by molar-refractivity contribution is 7.99. The average Bonchev–Trinajstić information content (AvgIpc) is 2.40. The van der Waals surface area contributed by atoms with E-state index in [-0.39, 0.29) is 6.10 Å². The molecule has 1 nitrogen and oxygen atoms in total. The number of hydrogen-bond donors (Lipinski definition) is 1. The van der Waals surface area contributed by atoms with Gasteiger partial charge in [0, 0.05) is 22.4 Å². The molecule has 0 saturated heterocycles. The van der Waals surface area contributed by atoms with Crippen molar-refractivity contribution >= 4 is 23.4 Å². The molecule has 0 aliphatic heterocycles. The van der Waals surface area contributed by atoms with Gasteiger partial charge >= 0.3 is 0 Å². The molecule has 0 aromatic heterocycles. The second-order valence-corrected chi connectivity index (χ2v) is 6.78. The molecule has 100 valence electrons. The summed E-state index contributed by atoms with van der Waals surface area (Å²) in [4.78, 5) is 0. The lowest BCUT2D eigenvalue weighted by Gasteiger charge is -2.22. The zero-order chi connectivity index (χ0) is 12.8. The summed E-state index contributed by atoms with van der Waals surface area (Å²) in [7, 11) is 0. The fraction of sp³-hybridized carbons (Fsp3) is 0.600. The fourth-order valence-corrected chi connectivity index (χ4v) is 3.95. The molecule has 1 aliphatic rings. The Bertz CT molecular complexity index is 363. The van der Waals surface area contributed by atoms with Crippen molar-refractivity contribution in [1.29, 1.82) is 0 Å². The van der Waals surface area contributed by atoms with Crippen LogP contribution in [0.5, 0.6) is 0 Å². The summed E-state index contributed by atoms with van der Waals surface area (Å²) >= 11 is 8.04. The molecule has 0 radical (unpaired) electrons. The van der Waals surface area contributed by atoms with Gasteiger partial charge in [-0.1, -0.05) is 49.1 Å². The molecule has 0 spiro atoms. The summed E-state index contributed by atoms with van der Waals surface area (Å²) in [5.74, 6) is 0.829. The minimum atomic E-state index is -0.281. The van der Waals surface area contributed by atoms with E-state index < -0.39 is 0 Å². The number of benzene rings is 1. The molecule has 1 aromatic carbocycles. The lowest BCUT2D eigenvalue weighted by molar-refractivity contribution is 0.200. The molecule has 0 heterocycles. The Morgan fingerprint density at radius 3 is 2.67 bits per heavy atom. The van der Waals surface area contributed by atoms with E-state index in [9.17, 15) is 5.11 Å². The van der Waals surface area contributed by atoms with Crippen LogP contribution in [0.15, 0.2) is 24.3 Å². The summed E-state index contributed by atoms with van der Waals surface area (Å²) in [5.41, 5.74) is 1.05. The van der Waals surface area contributed by atoms with Gasteiger partial charge in [-0.3, -0.25) is 0 Å². The normalized spacial score (nSPS) is 18.8. The van der Waals surface area contributed by atoms with E-state index in [1.807, 2.05) is 36.0 Å². The van der Waals surface area contributed by atoms with Crippen LogP contribution in [0.3, 0.4) is 0 Å². The van der Waals surface area contributed by atoms with Crippen molar-refractivity contribution < 1.29 is 5.11 Å². The first-order valence-electron chi connectivity index (χ1n) is 6.79. The Labute approximate surface area is 119 Å². The first kappa shape index (κ1) is 14.2. The predicted octanol–water partition coefficient (Wildman–Crippen LogP) is 4.31. The molecule has 0 amide bonds. The fourth-order valence-electron chi connectivity index (χ4n) is 2.46. The average molecular weight is 285 g/mol. The predicted molar refractivity (Wildman–Crippen MR) is 80.5 cm³/mol. The minimum Gasteiger partial charge on any atom is -0.392 e. The van der Waals surface area contributed by atoms with E-state index in [4.69, 9.17) is 11.6 Å². The molecule has 1 aromatic rings. The number of halogens is 1. The summed E-state index contributed by atoms with van der Waals surface area (Å²) in [6, 6.07) is 7.78. The van der Waals surface area contributed by atoms with Crippen molar-refractivity contribution in [2.24, 2.45) is 0 Å². The highest BCUT2D eigenvalue weighted by Gasteiger charge is 2.16. The van der Waals surface area contributed by atoms with E-state index in [1.165, 1.54) is 32.1 Å². The highest BCUT2D eigenvalue weighted by atomic mass is 35.5. The number of rotatable bonds is 5. The molecule has 18 heavy (non-hydrogen) atoms. The maximum Gasteiger partial charge on any atom is 0.0671 e. The maximum absolute atomic E-state index is 10.1. The first-order valence-corrected chi connectivity index (χ1v) is 8.21. The van der Waals surface area contributed by atoms with E-state index >= 15 is 0 Å². The summed E-state index contributed by atoms with van der Waals surface area (Å²) in [6.07, 6.45) is 7.14. The lowest BCUT2D eigenvalue weighted by Crippen LogP contribution is -2.17. The van der Waals surface area contributed by atoms with Crippen LogP contribution in [0.4, 0.5) is 0 Å². The second-order valence-electron chi connectivity index (χ2n) is 5.04. The van der Waals surface area contributed by atoms with Gasteiger partial charge in [-0.05, 0) is 24.5 Å². The SMILES string of the molecule is OC(CSC1CCCCC1)Cc1ccccc1Cl. The second kappa shape index (κ2) is 7.42. The molecule has 1 fully saturated rings. The van der Waals surface area contributed by atoms with Crippen LogP contribution >= 0.6 is 23.4 Å². The molecule has 0 bridgehead atoms. The summed E-state index contributed by atoms with van der Waals surface area (Å²) in [5, 5.41) is 11.6. The molecular weight excluding hydrogens is 264 g/mol. The van der Waals surface area contributed by atoms with Crippen molar-refractivity contribution in [3.05, 3.63) is 34.9 Å². The third-order valence-electron chi connectivity index (χ3n) is 3.49. The minimum absolute atomic E-state index is 0.281. The van der Waals surface area contributed by atoms with Gasteiger partial charge in [-0.2, -0.15) is 11.8 Å². The third-order valence-corrected chi connectivity index (χ3v) is 5.38. The van der Waals surface area contributed by atoms with Crippen LogP contribution in [-0.2, 0) is 6.42 Å². The van der Waals surface area contributed by atoms with Crippen molar-refractivity contribution in [2.45, 2.75) is 49.9 Å². The number of aliphatic hydroxyl groups is 1. The van der Waals surface area contributed by atoms with Gasteiger partial charge in [0.2, 0.25) is 0 Å². The van der Waals surface area contributed by atoms with E-state index in [0.29, 0.717) is 6.42 Å². The largest absolute Gasteiger partial charge is 0.392 e. The summed E-state index contributed by atoms with van der Waals surface area (Å²) < 4.78 is 0. The monoisotopic (exact) mass is 284 g/mol.